The molecular formula is C45H28N4O. The van der Waals surface area contributed by atoms with Crippen LogP contribution in [0.5, 0.6) is 0 Å². The van der Waals surface area contributed by atoms with Gasteiger partial charge in [0.1, 0.15) is 11.2 Å². The molecule has 0 saturated carbocycles. The van der Waals surface area contributed by atoms with E-state index in [2.05, 4.69) is 138 Å². The summed E-state index contributed by atoms with van der Waals surface area (Å²) in [5.41, 5.74) is 9.90. The van der Waals surface area contributed by atoms with Gasteiger partial charge in [0.05, 0.1) is 11.0 Å². The summed E-state index contributed by atoms with van der Waals surface area (Å²) in [5.74, 6) is 1.79. The molecule has 5 heteroatoms. The van der Waals surface area contributed by atoms with Crippen molar-refractivity contribution in [1.29, 1.82) is 0 Å². The van der Waals surface area contributed by atoms with Crippen LogP contribution in [0.15, 0.2) is 174 Å². The van der Waals surface area contributed by atoms with Gasteiger partial charge in [-0.3, -0.25) is 4.57 Å². The maximum atomic E-state index is 6.75. The fourth-order valence-corrected chi connectivity index (χ4v) is 7.17. The Morgan fingerprint density at radius 3 is 1.46 bits per heavy atom. The van der Waals surface area contributed by atoms with Crippen LogP contribution in [0.1, 0.15) is 0 Å². The Morgan fingerprint density at radius 1 is 0.360 bits per heavy atom. The molecule has 0 fully saturated rings. The highest BCUT2D eigenvalue weighted by Crippen LogP contribution is 2.40. The first kappa shape index (κ1) is 28.2. The lowest BCUT2D eigenvalue weighted by atomic mass is 9.99. The SMILES string of the molecule is c1ccc(-c2nc(-c3cccc(-c4cccc5c4oc4c(-c6ccccc6)cccc45)c3)nc(-n3c4ccccc4c4ccccc43)n2)cc1. The van der Waals surface area contributed by atoms with Gasteiger partial charge in [0.2, 0.25) is 5.95 Å². The maximum Gasteiger partial charge on any atom is 0.238 e. The minimum atomic E-state index is 0.574. The molecular weight excluding hydrogens is 613 g/mol. The fourth-order valence-electron chi connectivity index (χ4n) is 7.17. The molecule has 0 spiro atoms. The number of benzene rings is 7. The standard InChI is InChI=1S/C45H28N4O/c1-3-14-29(15-4-1)33-22-12-24-37-38-25-13-23-34(42(38)50-41(33)37)31-18-11-19-32(28-31)44-46-43(30-16-5-2-6-17-30)47-45(48-44)49-39-26-9-7-20-35(39)36-21-8-10-27-40(36)49/h1-28H. The van der Waals surface area contributed by atoms with Crippen LogP contribution in [0.4, 0.5) is 0 Å². The monoisotopic (exact) mass is 640 g/mol. The average Bonchev–Trinajstić information content (AvgIpc) is 3.75. The molecule has 0 aliphatic rings. The molecule has 7 aromatic carbocycles. The molecule has 0 aliphatic heterocycles. The highest BCUT2D eigenvalue weighted by Gasteiger charge is 2.19. The van der Waals surface area contributed by atoms with Crippen LogP contribution in [-0.2, 0) is 0 Å². The van der Waals surface area contributed by atoms with Crippen molar-refractivity contribution in [3.05, 3.63) is 170 Å². The molecule has 10 rings (SSSR count). The number of aromatic nitrogens is 4. The third-order valence-corrected chi connectivity index (χ3v) is 9.48. The molecule has 0 saturated heterocycles. The van der Waals surface area contributed by atoms with Crippen molar-refractivity contribution in [2.75, 3.05) is 0 Å². The van der Waals surface area contributed by atoms with Crippen LogP contribution in [0.25, 0.3) is 94.7 Å². The number of fused-ring (bicyclic) bond motifs is 6. The average molecular weight is 641 g/mol. The molecule has 0 N–H and O–H groups in total. The molecule has 0 radical (unpaired) electrons. The van der Waals surface area contributed by atoms with Crippen molar-refractivity contribution in [1.82, 2.24) is 19.5 Å². The van der Waals surface area contributed by atoms with Gasteiger partial charge < -0.3 is 4.42 Å². The van der Waals surface area contributed by atoms with E-state index >= 15 is 0 Å². The zero-order valence-corrected chi connectivity index (χ0v) is 26.9. The molecule has 0 amide bonds. The number of hydrogen-bond donors (Lipinski definition) is 0. The quantitative estimate of drug-likeness (QED) is 0.188. The second-order valence-corrected chi connectivity index (χ2v) is 12.4. The molecule has 10 aromatic rings. The van der Waals surface area contributed by atoms with Crippen LogP contribution in [0, 0.1) is 0 Å². The van der Waals surface area contributed by atoms with Gasteiger partial charge in [0, 0.05) is 43.8 Å². The van der Waals surface area contributed by atoms with E-state index in [9.17, 15) is 0 Å². The second kappa shape index (κ2) is 11.4. The van der Waals surface area contributed by atoms with Crippen LogP contribution in [-0.4, -0.2) is 19.5 Å². The zero-order valence-electron chi connectivity index (χ0n) is 26.9. The Hall–Kier alpha value is -6.85. The third kappa shape index (κ3) is 4.52. The van der Waals surface area contributed by atoms with Gasteiger partial charge in [-0.05, 0) is 29.3 Å². The molecule has 0 unspecified atom stereocenters. The van der Waals surface area contributed by atoms with Crippen molar-refractivity contribution in [3.63, 3.8) is 0 Å². The van der Waals surface area contributed by atoms with Crippen LogP contribution < -0.4 is 0 Å². The summed E-state index contributed by atoms with van der Waals surface area (Å²) in [6, 6.07) is 58.5. The first-order valence-corrected chi connectivity index (χ1v) is 16.7. The van der Waals surface area contributed by atoms with E-state index in [0.29, 0.717) is 17.6 Å². The minimum absolute atomic E-state index is 0.574. The van der Waals surface area contributed by atoms with Gasteiger partial charge in [-0.15, -0.1) is 0 Å². The summed E-state index contributed by atoms with van der Waals surface area (Å²) >= 11 is 0. The number of nitrogens with zero attached hydrogens (tertiary/aromatic N) is 4. The normalized spacial score (nSPS) is 11.6. The minimum Gasteiger partial charge on any atom is -0.455 e. The van der Waals surface area contributed by atoms with Gasteiger partial charge in [-0.2, -0.15) is 9.97 Å². The van der Waals surface area contributed by atoms with Crippen molar-refractivity contribution >= 4 is 43.7 Å². The highest BCUT2D eigenvalue weighted by molar-refractivity contribution is 6.13. The summed E-state index contributed by atoms with van der Waals surface area (Å²) in [6.07, 6.45) is 0. The van der Waals surface area contributed by atoms with Crippen molar-refractivity contribution < 1.29 is 4.42 Å². The van der Waals surface area contributed by atoms with Crippen LogP contribution in [0.2, 0.25) is 0 Å². The molecule has 234 valence electrons. The van der Waals surface area contributed by atoms with Gasteiger partial charge in [0.15, 0.2) is 11.6 Å². The van der Waals surface area contributed by atoms with Crippen molar-refractivity contribution in [3.8, 4) is 51.0 Å². The highest BCUT2D eigenvalue weighted by atomic mass is 16.3. The Balaban J connectivity index is 1.17. The number of hydrogen-bond acceptors (Lipinski definition) is 4. The molecule has 0 aliphatic carbocycles. The van der Waals surface area contributed by atoms with Gasteiger partial charge in [-0.1, -0.05) is 152 Å². The maximum absolute atomic E-state index is 6.75. The first-order chi connectivity index (χ1) is 24.8. The Kier molecular flexibility index (Phi) is 6.42. The predicted molar refractivity (Wildman–Crippen MR) is 203 cm³/mol. The molecule has 3 aromatic heterocycles. The number of para-hydroxylation sites is 4. The Bertz CT molecular complexity index is 2820. The lowest BCUT2D eigenvalue weighted by Gasteiger charge is -2.11. The van der Waals surface area contributed by atoms with E-state index < -0.39 is 0 Å². The predicted octanol–water partition coefficient (Wildman–Crippen LogP) is 11.5. The van der Waals surface area contributed by atoms with Gasteiger partial charge in [0.25, 0.3) is 0 Å². The molecule has 3 heterocycles. The first-order valence-electron chi connectivity index (χ1n) is 16.7. The lowest BCUT2D eigenvalue weighted by molar-refractivity contribution is 0.671. The van der Waals surface area contributed by atoms with Gasteiger partial charge in [-0.25, -0.2) is 4.98 Å². The molecule has 50 heavy (non-hydrogen) atoms. The third-order valence-electron chi connectivity index (χ3n) is 9.48. The number of rotatable bonds is 5. The summed E-state index contributed by atoms with van der Waals surface area (Å²) in [7, 11) is 0. The van der Waals surface area contributed by atoms with E-state index in [0.717, 1.165) is 77.1 Å². The van der Waals surface area contributed by atoms with E-state index in [1.807, 2.05) is 36.4 Å². The van der Waals surface area contributed by atoms with E-state index in [4.69, 9.17) is 19.4 Å². The second-order valence-electron chi connectivity index (χ2n) is 12.4. The number of furan rings is 1. The van der Waals surface area contributed by atoms with Crippen LogP contribution >= 0.6 is 0 Å². The molecule has 0 atom stereocenters. The molecule has 5 nitrogen and oxygen atoms in total. The summed E-state index contributed by atoms with van der Waals surface area (Å²) in [5, 5.41) is 4.49. The largest absolute Gasteiger partial charge is 0.455 e. The van der Waals surface area contributed by atoms with Crippen molar-refractivity contribution in [2.24, 2.45) is 0 Å². The van der Waals surface area contributed by atoms with Crippen LogP contribution in [0.3, 0.4) is 0 Å². The smallest absolute Gasteiger partial charge is 0.238 e. The lowest BCUT2D eigenvalue weighted by Crippen LogP contribution is -2.06. The summed E-state index contributed by atoms with van der Waals surface area (Å²) < 4.78 is 8.90. The topological polar surface area (TPSA) is 56.7 Å². The Morgan fingerprint density at radius 2 is 0.820 bits per heavy atom. The van der Waals surface area contributed by atoms with E-state index in [-0.39, 0.29) is 0 Å². The fraction of sp³-hybridized carbons (Fsp3) is 0. The molecule has 0 bridgehead atoms. The van der Waals surface area contributed by atoms with Gasteiger partial charge >= 0.3 is 0 Å². The zero-order chi connectivity index (χ0) is 33.0. The Labute approximate surface area is 287 Å². The summed E-state index contributed by atoms with van der Waals surface area (Å²) in [6.45, 7) is 0. The van der Waals surface area contributed by atoms with Crippen molar-refractivity contribution in [2.45, 2.75) is 0 Å². The van der Waals surface area contributed by atoms with E-state index in [1.54, 1.807) is 0 Å². The summed E-state index contributed by atoms with van der Waals surface area (Å²) in [4.78, 5) is 15.3. The van der Waals surface area contributed by atoms with E-state index in [1.165, 1.54) is 0 Å².